The number of esters is 2. The van der Waals surface area contributed by atoms with E-state index in [-0.39, 0.29) is 32.0 Å². The molecule has 0 bridgehead atoms. The lowest BCUT2D eigenvalue weighted by molar-refractivity contribution is -0.870. The van der Waals surface area contributed by atoms with Crippen molar-refractivity contribution in [1.82, 2.24) is 0 Å². The molecule has 10 heteroatoms. The predicted molar refractivity (Wildman–Crippen MR) is 425 cm³/mol. The van der Waals surface area contributed by atoms with Crippen LogP contribution in [-0.2, 0) is 32.7 Å². The number of quaternary nitrogens is 1. The van der Waals surface area contributed by atoms with E-state index in [1.807, 2.05) is 21.1 Å². The van der Waals surface area contributed by atoms with Crippen molar-refractivity contribution < 1.29 is 42.1 Å². The molecular weight excluding hydrogens is 1230 g/mol. The van der Waals surface area contributed by atoms with Gasteiger partial charge < -0.3 is 27.9 Å². The van der Waals surface area contributed by atoms with Crippen molar-refractivity contribution in [2.45, 2.75) is 405 Å². The van der Waals surface area contributed by atoms with Gasteiger partial charge in [0.25, 0.3) is 7.82 Å². The molecule has 2 unspecified atom stereocenters. The van der Waals surface area contributed by atoms with E-state index in [0.29, 0.717) is 17.4 Å². The van der Waals surface area contributed by atoms with Crippen molar-refractivity contribution in [3.63, 3.8) is 0 Å². The Hall–Kier alpha value is -3.07. The van der Waals surface area contributed by atoms with Gasteiger partial charge in [-0.05, 0) is 77.0 Å². The first kappa shape index (κ1) is 94.9. The van der Waals surface area contributed by atoms with Crippen LogP contribution in [0.5, 0.6) is 0 Å². The molecule has 98 heavy (non-hydrogen) atoms. The average Bonchev–Trinajstić information content (AvgIpc) is 1.08. The van der Waals surface area contributed by atoms with Gasteiger partial charge in [-0.1, -0.05) is 406 Å². The average molecular weight is 1390 g/mol. The maximum atomic E-state index is 12.9. The maximum Gasteiger partial charge on any atom is 0.306 e. The van der Waals surface area contributed by atoms with E-state index in [9.17, 15) is 19.0 Å². The van der Waals surface area contributed by atoms with Gasteiger partial charge in [-0.3, -0.25) is 14.2 Å². The van der Waals surface area contributed by atoms with Gasteiger partial charge in [0, 0.05) is 12.8 Å². The molecule has 0 spiro atoms. The van der Waals surface area contributed by atoms with E-state index in [1.54, 1.807) is 0 Å². The van der Waals surface area contributed by atoms with Crippen LogP contribution in [0.15, 0.2) is 97.2 Å². The third-order valence-electron chi connectivity index (χ3n) is 18.6. The summed E-state index contributed by atoms with van der Waals surface area (Å²) >= 11 is 0. The highest BCUT2D eigenvalue weighted by Crippen LogP contribution is 2.38. The summed E-state index contributed by atoms with van der Waals surface area (Å²) in [5, 5.41) is 0. The van der Waals surface area contributed by atoms with E-state index in [4.69, 9.17) is 18.5 Å². The second-order valence-electron chi connectivity index (χ2n) is 29.5. The molecule has 570 valence electrons. The van der Waals surface area contributed by atoms with Crippen LogP contribution in [0.25, 0.3) is 0 Å². The molecule has 0 aromatic heterocycles. The van der Waals surface area contributed by atoms with Gasteiger partial charge in [-0.2, -0.15) is 0 Å². The summed E-state index contributed by atoms with van der Waals surface area (Å²) in [6.45, 7) is 4.19. The number of hydrogen-bond acceptors (Lipinski definition) is 8. The smallest absolute Gasteiger partial charge is 0.306 e. The number of allylic oxidation sites excluding steroid dienone is 16. The van der Waals surface area contributed by atoms with E-state index < -0.39 is 26.5 Å². The molecule has 0 aliphatic carbocycles. The molecule has 2 atom stereocenters. The van der Waals surface area contributed by atoms with Crippen LogP contribution in [-0.4, -0.2) is 70.0 Å². The molecule has 0 radical (unpaired) electrons. The first-order valence-corrected chi connectivity index (χ1v) is 43.4. The van der Waals surface area contributed by atoms with Crippen molar-refractivity contribution in [3.05, 3.63) is 97.2 Å². The standard InChI is InChI=1S/C88H160NO8P/c1-6-8-10-12-14-16-18-20-22-24-26-28-30-32-34-36-38-40-41-42-43-44-45-46-47-49-51-53-55-57-59-61-63-65-67-69-71-73-75-77-79-81-88(91)97-86(85-96-98(92,93)95-83-82-89(3,4)5)84-94-87(90)80-78-76-74-72-70-68-66-64-62-60-58-56-54-52-50-48-39-37-35-33-31-29-27-25-23-21-19-17-15-13-11-9-7-2/h8,10,14,16,20,22,26,28,32,34,38,40,42-43,45-46,86H,6-7,9,11-13,15,17-19,21,23-25,27,29-31,33,35-37,39,41,44,47-85H2,1-5H3/b10-8-,16-14-,22-20-,28-26-,34-32-,40-38-,43-42-,46-45-. The second-order valence-corrected chi connectivity index (χ2v) is 30.9. The number of phosphoric acid groups is 1. The van der Waals surface area contributed by atoms with Crippen LogP contribution in [0.2, 0.25) is 0 Å². The molecule has 0 aliphatic rings. The van der Waals surface area contributed by atoms with Gasteiger partial charge in [0.1, 0.15) is 19.8 Å². The molecule has 0 aromatic rings. The zero-order valence-corrected chi connectivity index (χ0v) is 66.1. The van der Waals surface area contributed by atoms with Gasteiger partial charge in [0.15, 0.2) is 6.10 Å². The number of carbonyl (C=O) groups excluding carboxylic acids is 2. The normalized spacial score (nSPS) is 13.5. The molecule has 0 amide bonds. The predicted octanol–water partition coefficient (Wildman–Crippen LogP) is 27.5. The van der Waals surface area contributed by atoms with E-state index in [1.165, 1.54) is 276 Å². The monoisotopic (exact) mass is 1390 g/mol. The van der Waals surface area contributed by atoms with Crippen LogP contribution < -0.4 is 4.89 Å². The number of hydrogen-bond donors (Lipinski definition) is 0. The van der Waals surface area contributed by atoms with Crippen LogP contribution in [0.1, 0.15) is 399 Å². The Labute approximate surface area is 608 Å². The Morgan fingerprint density at radius 2 is 0.582 bits per heavy atom. The molecule has 0 rings (SSSR count). The molecular formula is C88H160NO8P. The lowest BCUT2D eigenvalue weighted by atomic mass is 10.0. The Bertz CT molecular complexity index is 1980. The van der Waals surface area contributed by atoms with E-state index >= 15 is 0 Å². The highest BCUT2D eigenvalue weighted by molar-refractivity contribution is 7.45. The van der Waals surface area contributed by atoms with Gasteiger partial charge in [0.2, 0.25) is 0 Å². The van der Waals surface area contributed by atoms with Crippen LogP contribution >= 0.6 is 7.82 Å². The summed E-state index contributed by atoms with van der Waals surface area (Å²) in [5.74, 6) is -0.815. The van der Waals surface area contributed by atoms with Crippen molar-refractivity contribution in [1.29, 1.82) is 0 Å². The highest BCUT2D eigenvalue weighted by Gasteiger charge is 2.22. The minimum Gasteiger partial charge on any atom is -0.756 e. The van der Waals surface area contributed by atoms with Crippen molar-refractivity contribution in [3.8, 4) is 0 Å². The Balaban J connectivity index is 3.93. The molecule has 9 nitrogen and oxygen atoms in total. The number of nitrogens with zero attached hydrogens (tertiary/aromatic N) is 1. The van der Waals surface area contributed by atoms with Crippen molar-refractivity contribution in [2.75, 3.05) is 47.5 Å². The zero-order chi connectivity index (χ0) is 71.1. The van der Waals surface area contributed by atoms with Crippen molar-refractivity contribution >= 4 is 19.8 Å². The van der Waals surface area contributed by atoms with Crippen LogP contribution in [0.3, 0.4) is 0 Å². The second kappa shape index (κ2) is 78.1. The van der Waals surface area contributed by atoms with Crippen molar-refractivity contribution in [2.24, 2.45) is 0 Å². The van der Waals surface area contributed by atoms with Gasteiger partial charge >= 0.3 is 11.9 Å². The largest absolute Gasteiger partial charge is 0.756 e. The summed E-state index contributed by atoms with van der Waals surface area (Å²) in [5.41, 5.74) is 0. The third kappa shape index (κ3) is 81.9. The summed E-state index contributed by atoms with van der Waals surface area (Å²) < 4.78 is 34.5. The Morgan fingerprint density at radius 1 is 0.327 bits per heavy atom. The minimum atomic E-state index is -4.65. The molecule has 0 aliphatic heterocycles. The molecule has 0 saturated heterocycles. The lowest BCUT2D eigenvalue weighted by Crippen LogP contribution is -2.37. The first-order chi connectivity index (χ1) is 48.0. The first-order valence-electron chi connectivity index (χ1n) is 41.9. The molecule has 0 N–H and O–H groups in total. The molecule has 0 saturated carbocycles. The summed E-state index contributed by atoms with van der Waals surface area (Å²) in [6.07, 6.45) is 110. The minimum absolute atomic E-state index is 0.0307. The number of unbranched alkanes of at least 4 members (excludes halogenated alkanes) is 48. The molecule has 0 fully saturated rings. The maximum absolute atomic E-state index is 12.9. The topological polar surface area (TPSA) is 111 Å². The fraction of sp³-hybridized carbons (Fsp3) is 0.795. The molecule has 0 aromatic carbocycles. The summed E-state index contributed by atoms with van der Waals surface area (Å²) in [7, 11) is 1.18. The third-order valence-corrected chi connectivity index (χ3v) is 19.6. The van der Waals surface area contributed by atoms with Crippen LogP contribution in [0, 0.1) is 0 Å². The van der Waals surface area contributed by atoms with Crippen LogP contribution in [0.4, 0.5) is 0 Å². The summed E-state index contributed by atoms with van der Waals surface area (Å²) in [6, 6.07) is 0. The number of phosphoric ester groups is 1. The number of carbonyl (C=O) groups is 2. The van der Waals surface area contributed by atoms with Gasteiger partial charge in [-0.15, -0.1) is 0 Å². The summed E-state index contributed by atoms with van der Waals surface area (Å²) in [4.78, 5) is 38.2. The fourth-order valence-electron chi connectivity index (χ4n) is 12.3. The molecule has 0 heterocycles. The van der Waals surface area contributed by atoms with Gasteiger partial charge in [-0.25, -0.2) is 0 Å². The number of ether oxygens (including phenoxy) is 2. The zero-order valence-electron chi connectivity index (χ0n) is 65.2. The Morgan fingerprint density at radius 3 is 0.867 bits per heavy atom. The quantitative estimate of drug-likeness (QED) is 0.0195. The van der Waals surface area contributed by atoms with Gasteiger partial charge in [0.05, 0.1) is 27.7 Å². The number of likely N-dealkylation sites (N-methyl/N-ethyl adjacent to an activating group) is 1. The lowest BCUT2D eigenvalue weighted by Gasteiger charge is -2.28. The SMILES string of the molecule is CC/C=C\C/C=C\C/C=C\C/C=C\C/C=C\C/C=C\C/C=C\C/C=C\CCCCCCCCCCCCCCCCCCC(=O)OC(COC(=O)CCCCCCCCCCCCCCCCCCCCCCCCCCCCCCCCCCC)COP(=O)([O-])OCC[N+](C)(C)C. The fourth-order valence-corrected chi connectivity index (χ4v) is 13.0. The number of rotatable bonds is 78. The Kier molecular flexibility index (Phi) is 75.6. The van der Waals surface area contributed by atoms with E-state index in [0.717, 1.165) is 89.9 Å². The van der Waals surface area contributed by atoms with E-state index in [2.05, 4.69) is 111 Å². The highest BCUT2D eigenvalue weighted by atomic mass is 31.2.